The van der Waals surface area contributed by atoms with Crippen LogP contribution in [0.15, 0.2) is 96.1 Å². The fraction of sp³-hybridized carbons (Fsp3) is 0.0769. The lowest BCUT2D eigenvalue weighted by atomic mass is 10.0. The number of amides is 1. The van der Waals surface area contributed by atoms with Crippen molar-refractivity contribution in [1.29, 1.82) is 0 Å². The third-order valence-corrected chi connectivity index (χ3v) is 4.83. The first-order chi connectivity index (χ1) is 15.2. The zero-order valence-electron chi connectivity index (χ0n) is 16.8. The van der Waals surface area contributed by atoms with E-state index in [0.29, 0.717) is 12.4 Å². The number of hydrazone groups is 1. The number of rotatable bonds is 7. The van der Waals surface area contributed by atoms with Gasteiger partial charge in [0.15, 0.2) is 0 Å². The van der Waals surface area contributed by atoms with Gasteiger partial charge in [0.25, 0.3) is 0 Å². The highest BCUT2D eigenvalue weighted by Gasteiger charge is 2.06. The van der Waals surface area contributed by atoms with Crippen molar-refractivity contribution < 1.29 is 13.9 Å². The van der Waals surface area contributed by atoms with E-state index in [0.717, 1.165) is 27.5 Å². The fourth-order valence-electron chi connectivity index (χ4n) is 3.24. The number of halogens is 1. The van der Waals surface area contributed by atoms with Crippen molar-refractivity contribution in [1.82, 2.24) is 5.43 Å². The lowest BCUT2D eigenvalue weighted by Crippen LogP contribution is -2.19. The molecule has 4 rings (SSSR count). The van der Waals surface area contributed by atoms with Crippen LogP contribution >= 0.6 is 0 Å². The van der Waals surface area contributed by atoms with Gasteiger partial charge in [-0.15, -0.1) is 0 Å². The number of fused-ring (bicyclic) bond motifs is 1. The van der Waals surface area contributed by atoms with E-state index in [2.05, 4.69) is 10.5 Å². The third kappa shape index (κ3) is 5.54. The van der Waals surface area contributed by atoms with Crippen molar-refractivity contribution in [2.45, 2.75) is 13.0 Å². The largest absolute Gasteiger partial charge is 0.489 e. The van der Waals surface area contributed by atoms with Crippen LogP contribution < -0.4 is 10.2 Å². The smallest absolute Gasteiger partial charge is 0.244 e. The summed E-state index contributed by atoms with van der Waals surface area (Å²) in [6, 6.07) is 27.5. The van der Waals surface area contributed by atoms with Gasteiger partial charge in [-0.2, -0.15) is 5.10 Å². The Bertz CT molecular complexity index is 1200. The SMILES string of the molecule is O=C(Cc1cccc2ccccc12)NN=Cc1ccc(OCc2ccc(F)cc2)cc1. The number of carbonyl (C=O) groups excluding carboxylic acids is 1. The molecule has 4 nitrogen and oxygen atoms in total. The van der Waals surface area contributed by atoms with E-state index in [-0.39, 0.29) is 18.1 Å². The van der Waals surface area contributed by atoms with Crippen LogP contribution in [0, 0.1) is 5.82 Å². The van der Waals surface area contributed by atoms with Gasteiger partial charge in [0.1, 0.15) is 18.2 Å². The molecule has 0 radical (unpaired) electrons. The maximum absolute atomic E-state index is 12.9. The van der Waals surface area contributed by atoms with E-state index < -0.39 is 0 Å². The van der Waals surface area contributed by atoms with Gasteiger partial charge in [0, 0.05) is 0 Å². The molecular weight excluding hydrogens is 391 g/mol. The lowest BCUT2D eigenvalue weighted by Gasteiger charge is -2.07. The van der Waals surface area contributed by atoms with Gasteiger partial charge in [-0.25, -0.2) is 9.82 Å². The van der Waals surface area contributed by atoms with E-state index >= 15 is 0 Å². The zero-order valence-corrected chi connectivity index (χ0v) is 16.8. The second-order valence-electron chi connectivity index (χ2n) is 7.09. The lowest BCUT2D eigenvalue weighted by molar-refractivity contribution is -0.120. The van der Waals surface area contributed by atoms with Crippen LogP contribution in [0.1, 0.15) is 16.7 Å². The summed E-state index contributed by atoms with van der Waals surface area (Å²) in [4.78, 5) is 12.3. The number of ether oxygens (including phenoxy) is 1. The molecule has 0 saturated carbocycles. The van der Waals surface area contributed by atoms with Crippen molar-refractivity contribution in [3.63, 3.8) is 0 Å². The first-order valence-electron chi connectivity index (χ1n) is 9.93. The zero-order chi connectivity index (χ0) is 21.5. The van der Waals surface area contributed by atoms with Crippen molar-refractivity contribution in [2.75, 3.05) is 0 Å². The van der Waals surface area contributed by atoms with Crippen molar-refractivity contribution >= 4 is 22.9 Å². The normalized spacial score (nSPS) is 11.0. The Labute approximate surface area is 180 Å². The average Bonchev–Trinajstić information content (AvgIpc) is 2.80. The number of nitrogens with one attached hydrogen (secondary N) is 1. The Morgan fingerprint density at radius 1 is 0.903 bits per heavy atom. The van der Waals surface area contributed by atoms with Crippen molar-refractivity contribution in [2.24, 2.45) is 5.10 Å². The number of hydrogen-bond acceptors (Lipinski definition) is 3. The number of carbonyl (C=O) groups is 1. The predicted molar refractivity (Wildman–Crippen MR) is 121 cm³/mol. The molecule has 0 heterocycles. The van der Waals surface area contributed by atoms with Gasteiger partial charge >= 0.3 is 0 Å². The van der Waals surface area contributed by atoms with E-state index in [1.165, 1.54) is 12.1 Å². The summed E-state index contributed by atoms with van der Waals surface area (Å²) in [5.41, 5.74) is 5.27. The van der Waals surface area contributed by atoms with Gasteiger partial charge in [-0.05, 0) is 63.9 Å². The summed E-state index contributed by atoms with van der Waals surface area (Å²) < 4.78 is 18.6. The molecule has 0 bridgehead atoms. The number of benzene rings is 4. The van der Waals surface area contributed by atoms with Crippen LogP contribution in [0.25, 0.3) is 10.8 Å². The Balaban J connectivity index is 1.29. The van der Waals surface area contributed by atoms with E-state index in [9.17, 15) is 9.18 Å². The molecule has 0 aliphatic carbocycles. The maximum Gasteiger partial charge on any atom is 0.244 e. The second kappa shape index (κ2) is 9.67. The molecule has 0 aliphatic rings. The molecule has 0 aliphatic heterocycles. The molecule has 0 aromatic heterocycles. The van der Waals surface area contributed by atoms with Crippen LogP contribution in [0.2, 0.25) is 0 Å². The van der Waals surface area contributed by atoms with E-state index in [1.54, 1.807) is 18.3 Å². The molecule has 0 atom stereocenters. The highest BCUT2D eigenvalue weighted by atomic mass is 19.1. The Hall–Kier alpha value is -3.99. The molecule has 154 valence electrons. The second-order valence-corrected chi connectivity index (χ2v) is 7.09. The van der Waals surface area contributed by atoms with Crippen LogP contribution in [-0.4, -0.2) is 12.1 Å². The summed E-state index contributed by atoms with van der Waals surface area (Å²) in [6.07, 6.45) is 1.85. The topological polar surface area (TPSA) is 50.7 Å². The molecule has 4 aromatic rings. The number of nitrogens with zero attached hydrogens (tertiary/aromatic N) is 1. The first kappa shape index (κ1) is 20.3. The minimum atomic E-state index is -0.267. The molecule has 0 spiro atoms. The Morgan fingerprint density at radius 2 is 1.65 bits per heavy atom. The molecule has 0 unspecified atom stereocenters. The number of hydrogen-bond donors (Lipinski definition) is 1. The van der Waals surface area contributed by atoms with Gasteiger partial charge < -0.3 is 4.74 Å². The van der Waals surface area contributed by atoms with E-state index in [1.807, 2.05) is 66.7 Å². The standard InChI is InChI=1S/C26H21FN2O2/c27-23-12-8-20(9-13-23)18-31-24-14-10-19(11-15-24)17-28-29-26(30)16-22-6-3-5-21-4-1-2-7-25(21)22/h1-15,17H,16,18H2,(H,29,30). The van der Waals surface area contributed by atoms with Crippen LogP contribution in [-0.2, 0) is 17.8 Å². The molecule has 0 fully saturated rings. The van der Waals surface area contributed by atoms with Crippen LogP contribution in [0.4, 0.5) is 4.39 Å². The summed E-state index contributed by atoms with van der Waals surface area (Å²) in [5.74, 6) is 0.255. The minimum Gasteiger partial charge on any atom is -0.489 e. The summed E-state index contributed by atoms with van der Waals surface area (Å²) in [5, 5.41) is 6.23. The Kier molecular flexibility index (Phi) is 6.33. The van der Waals surface area contributed by atoms with Gasteiger partial charge in [0.2, 0.25) is 5.91 Å². The molecule has 1 amide bonds. The monoisotopic (exact) mass is 412 g/mol. The summed E-state index contributed by atoms with van der Waals surface area (Å²) >= 11 is 0. The van der Waals surface area contributed by atoms with Crippen LogP contribution in [0.5, 0.6) is 5.75 Å². The van der Waals surface area contributed by atoms with Crippen molar-refractivity contribution in [3.05, 3.63) is 114 Å². The van der Waals surface area contributed by atoms with Crippen LogP contribution in [0.3, 0.4) is 0 Å². The maximum atomic E-state index is 12.9. The molecule has 0 saturated heterocycles. The highest BCUT2D eigenvalue weighted by molar-refractivity contribution is 5.90. The Morgan fingerprint density at radius 3 is 2.45 bits per heavy atom. The predicted octanol–water partition coefficient (Wildman–Crippen LogP) is 5.25. The molecule has 4 aromatic carbocycles. The average molecular weight is 412 g/mol. The fourth-order valence-corrected chi connectivity index (χ4v) is 3.24. The minimum absolute atomic E-state index is 0.174. The quantitative estimate of drug-likeness (QED) is 0.333. The van der Waals surface area contributed by atoms with Gasteiger partial charge in [-0.3, -0.25) is 4.79 Å². The molecule has 1 N–H and O–H groups in total. The highest BCUT2D eigenvalue weighted by Crippen LogP contribution is 2.19. The van der Waals surface area contributed by atoms with Crippen molar-refractivity contribution in [3.8, 4) is 5.75 Å². The molecular formula is C26H21FN2O2. The van der Waals surface area contributed by atoms with E-state index in [4.69, 9.17) is 4.74 Å². The first-order valence-corrected chi connectivity index (χ1v) is 9.93. The summed E-state index contributed by atoms with van der Waals surface area (Å²) in [7, 11) is 0. The molecule has 5 heteroatoms. The van der Waals surface area contributed by atoms with Gasteiger partial charge in [0.05, 0.1) is 12.6 Å². The van der Waals surface area contributed by atoms with Gasteiger partial charge in [-0.1, -0.05) is 54.6 Å². The molecule has 31 heavy (non-hydrogen) atoms. The third-order valence-electron chi connectivity index (χ3n) is 4.83. The summed E-state index contributed by atoms with van der Waals surface area (Å²) in [6.45, 7) is 0.359.